The van der Waals surface area contributed by atoms with E-state index >= 15 is 0 Å². The summed E-state index contributed by atoms with van der Waals surface area (Å²) in [4.78, 5) is 28.7. The summed E-state index contributed by atoms with van der Waals surface area (Å²) in [6.45, 7) is 5.89. The van der Waals surface area contributed by atoms with Gasteiger partial charge in [-0.25, -0.2) is 9.18 Å². The molecular weight excluding hydrogens is 413 g/mol. The highest BCUT2D eigenvalue weighted by Gasteiger charge is 2.24. The molecule has 0 atom stereocenters. The summed E-state index contributed by atoms with van der Waals surface area (Å²) in [5.74, 6) is -0.264. The molecule has 1 aliphatic rings. The van der Waals surface area contributed by atoms with Gasteiger partial charge in [0.2, 0.25) is 0 Å². The van der Waals surface area contributed by atoms with Gasteiger partial charge in [0.15, 0.2) is 6.61 Å². The number of carbonyl (C=O) groups excluding carboxylic acids is 2. The van der Waals surface area contributed by atoms with Crippen molar-refractivity contribution >= 4 is 17.6 Å². The predicted molar refractivity (Wildman–Crippen MR) is 117 cm³/mol. The smallest absolute Gasteiger partial charge is 0.340 e. The lowest BCUT2D eigenvalue weighted by atomic mass is 10.2. The number of piperazine rings is 1. The standard InChI is InChI=1S/C24H26FN3O4/c1-17-14-20(18(2)28(17)15-19-6-5-13-31-19)24(30)32-16-23(29)27-11-9-26(10-12-27)22-8-4-3-7-21(22)25/h3-8,13-14H,9-12,15-16H2,1-2H3. The number of hydrogen-bond acceptors (Lipinski definition) is 5. The fourth-order valence-corrected chi connectivity index (χ4v) is 4.01. The Morgan fingerprint density at radius 3 is 2.50 bits per heavy atom. The summed E-state index contributed by atoms with van der Waals surface area (Å²) in [7, 11) is 0. The van der Waals surface area contributed by atoms with E-state index in [0.29, 0.717) is 44.0 Å². The third-order valence-corrected chi connectivity index (χ3v) is 5.84. The van der Waals surface area contributed by atoms with Crippen molar-refractivity contribution in [2.45, 2.75) is 20.4 Å². The number of hydrogen-bond donors (Lipinski definition) is 0. The van der Waals surface area contributed by atoms with E-state index in [9.17, 15) is 14.0 Å². The Morgan fingerprint density at radius 1 is 1.06 bits per heavy atom. The third kappa shape index (κ3) is 4.54. The van der Waals surface area contributed by atoms with E-state index in [4.69, 9.17) is 9.15 Å². The van der Waals surface area contributed by atoms with Crippen LogP contribution in [0.2, 0.25) is 0 Å². The number of aromatic nitrogens is 1. The van der Waals surface area contributed by atoms with Gasteiger partial charge < -0.3 is 23.5 Å². The van der Waals surface area contributed by atoms with Crippen LogP contribution in [0.1, 0.15) is 27.5 Å². The molecule has 3 heterocycles. The minimum absolute atomic E-state index is 0.254. The van der Waals surface area contributed by atoms with E-state index in [1.165, 1.54) is 6.07 Å². The lowest BCUT2D eigenvalue weighted by molar-refractivity contribution is -0.134. The number of benzene rings is 1. The molecule has 0 unspecified atom stereocenters. The predicted octanol–water partition coefficient (Wildman–Crippen LogP) is 3.39. The molecule has 168 valence electrons. The summed E-state index contributed by atoms with van der Waals surface area (Å²) in [6.07, 6.45) is 1.61. The van der Waals surface area contributed by atoms with Crippen molar-refractivity contribution < 1.29 is 23.1 Å². The number of nitrogens with zero attached hydrogens (tertiary/aromatic N) is 3. The van der Waals surface area contributed by atoms with Gasteiger partial charge in [-0.05, 0) is 44.2 Å². The van der Waals surface area contributed by atoms with Crippen LogP contribution in [0.5, 0.6) is 0 Å². The number of anilines is 1. The lowest BCUT2D eigenvalue weighted by Gasteiger charge is -2.36. The van der Waals surface area contributed by atoms with Crippen LogP contribution >= 0.6 is 0 Å². The Balaban J connectivity index is 1.31. The molecule has 1 saturated heterocycles. The number of amides is 1. The van der Waals surface area contributed by atoms with Crippen LogP contribution in [-0.2, 0) is 16.1 Å². The van der Waals surface area contributed by atoms with Crippen molar-refractivity contribution in [1.29, 1.82) is 0 Å². The zero-order valence-corrected chi connectivity index (χ0v) is 18.2. The second-order valence-electron chi connectivity index (χ2n) is 7.85. The molecule has 0 N–H and O–H groups in total. The number of carbonyl (C=O) groups is 2. The molecule has 0 spiro atoms. The van der Waals surface area contributed by atoms with E-state index in [2.05, 4.69) is 0 Å². The van der Waals surface area contributed by atoms with E-state index in [1.54, 1.807) is 35.4 Å². The quantitative estimate of drug-likeness (QED) is 0.551. The van der Waals surface area contributed by atoms with Gasteiger partial charge in [-0.2, -0.15) is 0 Å². The van der Waals surface area contributed by atoms with E-state index < -0.39 is 5.97 Å². The average molecular weight is 439 g/mol. The topological polar surface area (TPSA) is 67.9 Å². The van der Waals surface area contributed by atoms with E-state index in [1.807, 2.05) is 35.4 Å². The maximum absolute atomic E-state index is 14.0. The highest BCUT2D eigenvalue weighted by molar-refractivity contribution is 5.92. The van der Waals surface area contributed by atoms with Crippen LogP contribution < -0.4 is 4.90 Å². The second kappa shape index (κ2) is 9.30. The average Bonchev–Trinajstić information content (AvgIpc) is 3.41. The fourth-order valence-electron chi connectivity index (χ4n) is 4.01. The Bertz CT molecular complexity index is 1100. The van der Waals surface area contributed by atoms with Gasteiger partial charge in [0.1, 0.15) is 11.6 Å². The maximum atomic E-state index is 14.0. The van der Waals surface area contributed by atoms with E-state index in [0.717, 1.165) is 17.1 Å². The number of aryl methyl sites for hydroxylation is 1. The highest BCUT2D eigenvalue weighted by Crippen LogP contribution is 2.21. The lowest BCUT2D eigenvalue weighted by Crippen LogP contribution is -2.50. The highest BCUT2D eigenvalue weighted by atomic mass is 19.1. The monoisotopic (exact) mass is 439 g/mol. The van der Waals surface area contributed by atoms with Gasteiger partial charge in [0, 0.05) is 37.6 Å². The number of esters is 1. The summed E-state index contributed by atoms with van der Waals surface area (Å²) in [5, 5.41) is 0. The van der Waals surface area contributed by atoms with Crippen LogP contribution in [0.4, 0.5) is 10.1 Å². The molecule has 8 heteroatoms. The first kappa shape index (κ1) is 21.7. The van der Waals surface area contributed by atoms with Crippen molar-refractivity contribution in [1.82, 2.24) is 9.47 Å². The Hall–Kier alpha value is -3.55. The first-order valence-electron chi connectivity index (χ1n) is 10.6. The Morgan fingerprint density at radius 2 is 1.81 bits per heavy atom. The molecule has 1 amide bonds. The largest absolute Gasteiger partial charge is 0.467 e. The van der Waals surface area contributed by atoms with Crippen molar-refractivity contribution in [2.24, 2.45) is 0 Å². The molecule has 7 nitrogen and oxygen atoms in total. The number of ether oxygens (including phenoxy) is 1. The van der Waals surface area contributed by atoms with Crippen LogP contribution in [0.25, 0.3) is 0 Å². The van der Waals surface area contributed by atoms with Crippen LogP contribution in [0.15, 0.2) is 53.1 Å². The molecule has 1 fully saturated rings. The Labute approximate surface area is 186 Å². The van der Waals surface area contributed by atoms with Gasteiger partial charge in [-0.3, -0.25) is 4.79 Å². The third-order valence-electron chi connectivity index (χ3n) is 5.84. The number of rotatable bonds is 6. The number of halogens is 1. The molecule has 0 radical (unpaired) electrons. The van der Waals surface area contributed by atoms with Gasteiger partial charge in [0.05, 0.1) is 24.1 Å². The maximum Gasteiger partial charge on any atom is 0.340 e. The molecule has 2 aromatic heterocycles. The minimum Gasteiger partial charge on any atom is -0.467 e. The Kier molecular flexibility index (Phi) is 6.30. The van der Waals surface area contributed by atoms with Gasteiger partial charge in [-0.15, -0.1) is 0 Å². The number of furan rings is 1. The SMILES string of the molecule is Cc1cc(C(=O)OCC(=O)N2CCN(c3ccccc3F)CC2)c(C)n1Cc1ccco1. The summed E-state index contributed by atoms with van der Waals surface area (Å²) >= 11 is 0. The van der Waals surface area contributed by atoms with Crippen molar-refractivity contribution in [3.05, 3.63) is 77.3 Å². The van der Waals surface area contributed by atoms with Crippen molar-refractivity contribution in [3.63, 3.8) is 0 Å². The van der Waals surface area contributed by atoms with Gasteiger partial charge >= 0.3 is 5.97 Å². The zero-order chi connectivity index (χ0) is 22.7. The van der Waals surface area contributed by atoms with E-state index in [-0.39, 0.29) is 18.3 Å². The van der Waals surface area contributed by atoms with Gasteiger partial charge in [-0.1, -0.05) is 12.1 Å². The molecule has 0 bridgehead atoms. The molecule has 0 aliphatic carbocycles. The number of para-hydroxylation sites is 1. The van der Waals surface area contributed by atoms with Crippen LogP contribution in [0, 0.1) is 19.7 Å². The molecule has 3 aromatic rings. The van der Waals surface area contributed by atoms with Gasteiger partial charge in [0.25, 0.3) is 5.91 Å². The van der Waals surface area contributed by atoms with Crippen molar-refractivity contribution in [2.75, 3.05) is 37.7 Å². The van der Waals surface area contributed by atoms with Crippen LogP contribution in [0.3, 0.4) is 0 Å². The van der Waals surface area contributed by atoms with Crippen molar-refractivity contribution in [3.8, 4) is 0 Å². The normalized spacial score (nSPS) is 14.0. The molecule has 4 rings (SSSR count). The van der Waals surface area contributed by atoms with Crippen LogP contribution in [-0.4, -0.2) is 54.1 Å². The fraction of sp³-hybridized carbons (Fsp3) is 0.333. The second-order valence-corrected chi connectivity index (χ2v) is 7.85. The molecular formula is C24H26FN3O4. The molecule has 1 aromatic carbocycles. The zero-order valence-electron chi connectivity index (χ0n) is 18.2. The molecule has 0 saturated carbocycles. The first-order chi connectivity index (χ1) is 15.4. The minimum atomic E-state index is -0.526. The first-order valence-corrected chi connectivity index (χ1v) is 10.6. The summed E-state index contributed by atoms with van der Waals surface area (Å²) in [5.41, 5.74) is 2.64. The molecule has 1 aliphatic heterocycles. The molecule has 32 heavy (non-hydrogen) atoms. The summed E-state index contributed by atoms with van der Waals surface area (Å²) < 4.78 is 26.7. The summed E-state index contributed by atoms with van der Waals surface area (Å²) in [6, 6.07) is 12.1.